The Morgan fingerprint density at radius 2 is 1.21 bits per heavy atom. The molecule has 0 fully saturated rings. The molecule has 29 heavy (non-hydrogen) atoms. The maximum atomic E-state index is 12.9. The Kier molecular flexibility index (Phi) is 5.98. The molecule has 0 aliphatic rings. The molecular weight excluding hydrogens is 482 g/mol. The van der Waals surface area contributed by atoms with E-state index in [1.54, 1.807) is 0 Å². The van der Waals surface area contributed by atoms with E-state index in [0.717, 1.165) is 12.1 Å². The van der Waals surface area contributed by atoms with Gasteiger partial charge in [0.2, 0.25) is 0 Å². The van der Waals surface area contributed by atoms with Gasteiger partial charge in [0.1, 0.15) is 0 Å². The highest BCUT2D eigenvalue weighted by molar-refractivity contribution is 7.87. The number of benzene rings is 3. The molecule has 0 saturated carbocycles. The molecule has 5 nitrogen and oxygen atoms in total. The maximum absolute atomic E-state index is 12.9. The summed E-state index contributed by atoms with van der Waals surface area (Å²) in [7, 11) is -4.97. The maximum Gasteiger partial charge on any atom is 0.283 e. The molecule has 0 heterocycles. The van der Waals surface area contributed by atoms with Crippen LogP contribution in [0.4, 0.5) is 0 Å². The smallest absolute Gasteiger partial charge is 0.283 e. The van der Waals surface area contributed by atoms with Gasteiger partial charge in [0.25, 0.3) is 10.1 Å². The van der Waals surface area contributed by atoms with E-state index in [1.807, 2.05) is 0 Å². The first-order valence-corrected chi connectivity index (χ1v) is 10.8. The minimum Gasteiger partial charge on any atom is -0.504 e. The number of phenols is 2. The number of aromatic hydroxyl groups is 2. The van der Waals surface area contributed by atoms with Gasteiger partial charge in [-0.25, -0.2) is 0 Å². The summed E-state index contributed by atoms with van der Waals surface area (Å²) in [6.07, 6.45) is 0. The first-order valence-electron chi connectivity index (χ1n) is 7.89. The Morgan fingerprint density at radius 1 is 0.690 bits per heavy atom. The molecule has 0 aromatic heterocycles. The summed E-state index contributed by atoms with van der Waals surface area (Å²) in [6, 6.07) is 11.5. The number of rotatable bonds is 4. The van der Waals surface area contributed by atoms with Crippen molar-refractivity contribution in [2.24, 2.45) is 0 Å². The molecule has 0 bridgehead atoms. The molecule has 3 N–H and O–H groups in total. The van der Waals surface area contributed by atoms with E-state index in [4.69, 9.17) is 46.4 Å². The molecule has 152 valence electrons. The molecule has 0 spiro atoms. The second kappa shape index (κ2) is 7.87. The highest BCUT2D eigenvalue weighted by Gasteiger charge is 2.49. The van der Waals surface area contributed by atoms with Crippen LogP contribution >= 0.6 is 46.4 Å². The molecular formula is C19H12Cl4O5S. The van der Waals surface area contributed by atoms with Gasteiger partial charge in [-0.15, -0.1) is 0 Å². The van der Waals surface area contributed by atoms with Crippen LogP contribution in [0.5, 0.6) is 11.5 Å². The number of hydrogen-bond donors (Lipinski definition) is 3. The standard InChI is InChI=1S/C19H12Cl4O5S/c20-13-4-1-10(2-5-13)19(29(26,27)28,11-3-6-16(24)17(25)9-11)12-7-14(21)18(23)15(22)8-12/h1-9,24-25H,(H,26,27,28). The van der Waals surface area contributed by atoms with Crippen molar-refractivity contribution >= 4 is 56.5 Å². The van der Waals surface area contributed by atoms with E-state index >= 15 is 0 Å². The lowest BCUT2D eigenvalue weighted by Gasteiger charge is -2.33. The predicted molar refractivity (Wildman–Crippen MR) is 114 cm³/mol. The first-order chi connectivity index (χ1) is 13.5. The van der Waals surface area contributed by atoms with E-state index in [-0.39, 0.29) is 31.8 Å². The van der Waals surface area contributed by atoms with E-state index < -0.39 is 26.4 Å². The minimum atomic E-state index is -4.97. The van der Waals surface area contributed by atoms with Gasteiger partial charge in [-0.1, -0.05) is 64.6 Å². The normalized spacial score (nSPS) is 13.8. The molecule has 3 aromatic carbocycles. The number of phenolic OH excluding ortho intramolecular Hbond substituents is 2. The molecule has 0 amide bonds. The zero-order chi connectivity index (χ0) is 21.6. The summed E-state index contributed by atoms with van der Waals surface area (Å²) in [4.78, 5) is 0. The van der Waals surface area contributed by atoms with Gasteiger partial charge in [0, 0.05) is 5.02 Å². The van der Waals surface area contributed by atoms with Crippen molar-refractivity contribution in [3.8, 4) is 11.5 Å². The third-order valence-corrected chi connectivity index (χ3v) is 7.34. The monoisotopic (exact) mass is 492 g/mol. The minimum absolute atomic E-state index is 0.00554. The fourth-order valence-corrected chi connectivity index (χ4v) is 5.13. The lowest BCUT2D eigenvalue weighted by Crippen LogP contribution is -2.38. The van der Waals surface area contributed by atoms with Gasteiger partial charge in [-0.3, -0.25) is 4.55 Å². The molecule has 0 aliphatic heterocycles. The molecule has 10 heteroatoms. The number of halogens is 4. The molecule has 1 unspecified atom stereocenters. The highest BCUT2D eigenvalue weighted by Crippen LogP contribution is 2.48. The molecule has 0 aliphatic carbocycles. The molecule has 3 aromatic rings. The zero-order valence-electron chi connectivity index (χ0n) is 14.3. The third kappa shape index (κ3) is 3.77. The van der Waals surface area contributed by atoms with E-state index in [2.05, 4.69) is 0 Å². The van der Waals surface area contributed by atoms with Crippen molar-refractivity contribution in [2.45, 2.75) is 4.75 Å². The number of hydrogen-bond acceptors (Lipinski definition) is 4. The Morgan fingerprint density at radius 3 is 1.69 bits per heavy atom. The largest absolute Gasteiger partial charge is 0.504 e. The summed E-state index contributed by atoms with van der Waals surface area (Å²) < 4.78 is 34.0. The van der Waals surface area contributed by atoms with Gasteiger partial charge < -0.3 is 10.2 Å². The molecule has 3 rings (SSSR count). The second-order valence-electron chi connectivity index (χ2n) is 6.12. The first kappa shape index (κ1) is 22.0. The van der Waals surface area contributed by atoms with Gasteiger partial charge in [-0.2, -0.15) is 8.42 Å². The average Bonchev–Trinajstić information content (AvgIpc) is 2.63. The van der Waals surface area contributed by atoms with Crippen molar-refractivity contribution in [1.82, 2.24) is 0 Å². The van der Waals surface area contributed by atoms with Gasteiger partial charge in [0.05, 0.1) is 15.1 Å². The van der Waals surface area contributed by atoms with Crippen molar-refractivity contribution in [3.05, 3.63) is 91.4 Å². The van der Waals surface area contributed by atoms with Gasteiger partial charge >= 0.3 is 0 Å². The van der Waals surface area contributed by atoms with Crippen LogP contribution in [-0.4, -0.2) is 23.2 Å². The molecule has 0 radical (unpaired) electrons. The Balaban J connectivity index is 2.54. The Labute approximate surface area is 186 Å². The quantitative estimate of drug-likeness (QED) is 0.182. The van der Waals surface area contributed by atoms with Gasteiger partial charge in [0.15, 0.2) is 16.2 Å². The summed E-state index contributed by atoms with van der Waals surface area (Å²) >= 11 is 24.2. The summed E-state index contributed by atoms with van der Waals surface area (Å²) in [6.45, 7) is 0. The van der Waals surface area contributed by atoms with Crippen LogP contribution in [0.15, 0.2) is 54.6 Å². The van der Waals surface area contributed by atoms with Crippen LogP contribution < -0.4 is 0 Å². The van der Waals surface area contributed by atoms with Crippen LogP contribution in [0.2, 0.25) is 20.1 Å². The highest BCUT2D eigenvalue weighted by atomic mass is 35.5. The third-order valence-electron chi connectivity index (χ3n) is 4.41. The lowest BCUT2D eigenvalue weighted by atomic mass is 9.84. The summed E-state index contributed by atoms with van der Waals surface area (Å²) in [5.41, 5.74) is -0.0252. The fourth-order valence-electron chi connectivity index (χ4n) is 3.13. The average molecular weight is 494 g/mol. The Hall–Kier alpha value is -1.67. The Bertz CT molecular complexity index is 1170. The topological polar surface area (TPSA) is 94.8 Å². The SMILES string of the molecule is O=S(=O)(O)C(c1ccc(Cl)cc1)(c1ccc(O)c(O)c1)c1cc(Cl)c(Cl)c(Cl)c1. The van der Waals surface area contributed by atoms with Gasteiger partial charge in [-0.05, 0) is 53.1 Å². The predicted octanol–water partition coefficient (Wildman–Crippen LogP) is 5.89. The van der Waals surface area contributed by atoms with Crippen molar-refractivity contribution in [1.29, 1.82) is 0 Å². The van der Waals surface area contributed by atoms with E-state index in [1.165, 1.54) is 42.5 Å². The van der Waals surface area contributed by atoms with E-state index in [9.17, 15) is 23.2 Å². The van der Waals surface area contributed by atoms with Crippen molar-refractivity contribution < 1.29 is 23.2 Å². The molecule has 1 atom stereocenters. The van der Waals surface area contributed by atoms with Crippen molar-refractivity contribution in [3.63, 3.8) is 0 Å². The molecule has 0 saturated heterocycles. The summed E-state index contributed by atoms with van der Waals surface area (Å²) in [5.74, 6) is -1.06. The zero-order valence-corrected chi connectivity index (χ0v) is 18.1. The van der Waals surface area contributed by atoms with E-state index in [0.29, 0.717) is 5.02 Å². The van der Waals surface area contributed by atoms with Crippen LogP contribution in [0.25, 0.3) is 0 Å². The van der Waals surface area contributed by atoms with Crippen molar-refractivity contribution in [2.75, 3.05) is 0 Å². The fraction of sp³-hybridized carbons (Fsp3) is 0.0526. The summed E-state index contributed by atoms with van der Waals surface area (Å²) in [5, 5.41) is 19.9. The second-order valence-corrected chi connectivity index (χ2v) is 9.31. The lowest BCUT2D eigenvalue weighted by molar-refractivity contribution is 0.402. The van der Waals surface area contributed by atoms with Crippen LogP contribution in [-0.2, 0) is 14.9 Å². The van der Waals surface area contributed by atoms with Crippen LogP contribution in [0.1, 0.15) is 16.7 Å². The van der Waals surface area contributed by atoms with Crippen LogP contribution in [0, 0.1) is 0 Å². The van der Waals surface area contributed by atoms with Crippen LogP contribution in [0.3, 0.4) is 0 Å².